The van der Waals surface area contributed by atoms with E-state index in [0.29, 0.717) is 6.54 Å². The Morgan fingerprint density at radius 3 is 2.55 bits per heavy atom. The Morgan fingerprint density at radius 2 is 1.82 bits per heavy atom. The topological polar surface area (TPSA) is 67.6 Å². The zero-order valence-corrected chi connectivity index (χ0v) is 19.0. The highest BCUT2D eigenvalue weighted by Crippen LogP contribution is 2.42. The molecule has 4 aromatic rings. The number of hydrogen-bond donors (Lipinski definition) is 1. The van der Waals surface area contributed by atoms with Crippen molar-refractivity contribution in [3.8, 4) is 5.75 Å². The molecule has 6 heteroatoms. The van der Waals surface area contributed by atoms with Crippen LogP contribution in [0.1, 0.15) is 41.5 Å². The highest BCUT2D eigenvalue weighted by molar-refractivity contribution is 5.92. The molecule has 0 fully saturated rings. The molecule has 1 aliphatic rings. The predicted octanol–water partition coefficient (Wildman–Crippen LogP) is 5.00. The summed E-state index contributed by atoms with van der Waals surface area (Å²) in [6, 6.07) is 21.2. The van der Waals surface area contributed by atoms with Crippen LogP contribution in [-0.4, -0.2) is 27.0 Å². The molecule has 0 saturated heterocycles. The summed E-state index contributed by atoms with van der Waals surface area (Å²) in [7, 11) is 2.00. The maximum Gasteiger partial charge on any atom is 0.168 e. The van der Waals surface area contributed by atoms with Gasteiger partial charge in [-0.05, 0) is 49.1 Å². The fourth-order valence-electron chi connectivity index (χ4n) is 4.73. The number of nitrogens with zero attached hydrogens (tertiary/aromatic N) is 3. The molecule has 33 heavy (non-hydrogen) atoms. The van der Waals surface area contributed by atoms with Gasteiger partial charge in [0.15, 0.2) is 11.9 Å². The van der Waals surface area contributed by atoms with Gasteiger partial charge in [-0.25, -0.2) is 10.0 Å². The number of ketones is 1. The van der Waals surface area contributed by atoms with Gasteiger partial charge in [-0.3, -0.25) is 9.63 Å². The van der Waals surface area contributed by atoms with E-state index in [1.54, 1.807) is 13.0 Å². The van der Waals surface area contributed by atoms with Gasteiger partial charge in [0.2, 0.25) is 0 Å². The first-order valence-electron chi connectivity index (χ1n) is 11.2. The lowest BCUT2D eigenvalue weighted by Crippen LogP contribution is -2.37. The smallest absolute Gasteiger partial charge is 0.168 e. The van der Waals surface area contributed by atoms with Crippen LogP contribution < -0.4 is 5.06 Å². The number of benzene rings is 3. The molecular formula is C27H27N3O3. The Balaban J connectivity index is 1.63. The minimum Gasteiger partial charge on any atom is -0.508 e. The first-order chi connectivity index (χ1) is 15.9. The first kappa shape index (κ1) is 21.2. The third-order valence-corrected chi connectivity index (χ3v) is 6.52. The molecule has 0 radical (unpaired) electrons. The molecule has 0 bridgehead atoms. The molecule has 5 rings (SSSR count). The number of imidazole rings is 1. The van der Waals surface area contributed by atoms with Crippen molar-refractivity contribution in [1.82, 2.24) is 9.55 Å². The first-order valence-corrected chi connectivity index (χ1v) is 11.2. The molecule has 0 amide bonds. The number of aromatic hydroxyl groups is 1. The van der Waals surface area contributed by atoms with Gasteiger partial charge >= 0.3 is 0 Å². The minimum atomic E-state index is -0.734. The fraction of sp³-hybridized carbons (Fsp3) is 0.259. The summed E-state index contributed by atoms with van der Waals surface area (Å²) in [5.41, 5.74) is 5.52. The quantitative estimate of drug-likeness (QED) is 0.472. The number of hydroxylamine groups is 1. The third-order valence-electron chi connectivity index (χ3n) is 6.52. The van der Waals surface area contributed by atoms with Crippen molar-refractivity contribution in [1.29, 1.82) is 0 Å². The average Bonchev–Trinajstić information content (AvgIpc) is 3.11. The number of aromatic nitrogens is 2. The molecule has 1 N–H and O–H groups in total. The molecule has 6 nitrogen and oxygen atoms in total. The van der Waals surface area contributed by atoms with Gasteiger partial charge in [0.1, 0.15) is 17.1 Å². The van der Waals surface area contributed by atoms with E-state index in [1.165, 1.54) is 0 Å². The molecule has 0 saturated carbocycles. The summed E-state index contributed by atoms with van der Waals surface area (Å²) in [4.78, 5) is 23.9. The molecular weight excluding hydrogens is 414 g/mol. The van der Waals surface area contributed by atoms with Gasteiger partial charge in [0, 0.05) is 13.0 Å². The van der Waals surface area contributed by atoms with E-state index in [4.69, 9.17) is 9.82 Å². The number of rotatable bonds is 5. The van der Waals surface area contributed by atoms with E-state index < -0.39 is 6.10 Å². The van der Waals surface area contributed by atoms with Crippen molar-refractivity contribution in [2.24, 2.45) is 7.05 Å². The number of Topliss-reactive ketones (excluding diaryl/α,β-unsaturated/α-hetero) is 1. The summed E-state index contributed by atoms with van der Waals surface area (Å²) in [6.45, 7) is 4.03. The van der Waals surface area contributed by atoms with Gasteiger partial charge in [-0.15, -0.1) is 0 Å². The Bertz CT molecular complexity index is 1330. The number of phenolic OH excluding ortho intramolecular Hbond substituents is 1. The van der Waals surface area contributed by atoms with E-state index in [9.17, 15) is 9.90 Å². The Morgan fingerprint density at radius 1 is 1.09 bits per heavy atom. The average molecular weight is 442 g/mol. The SMILES string of the molecule is CC(=O)C(ON1C[C@@H](c2ccccc2O)Cc2ccc3c(nc(C)n3C)c21)c1ccccc1. The number of carbonyl (C=O) groups excluding carboxylic acids is 1. The Hall–Kier alpha value is -3.64. The minimum absolute atomic E-state index is 0.00402. The predicted molar refractivity (Wildman–Crippen MR) is 128 cm³/mol. The Labute approximate surface area is 193 Å². The molecule has 1 unspecified atom stereocenters. The third kappa shape index (κ3) is 3.76. The van der Waals surface area contributed by atoms with E-state index in [1.807, 2.05) is 67.6 Å². The number of phenols is 1. The lowest BCUT2D eigenvalue weighted by molar-refractivity contribution is -0.130. The largest absolute Gasteiger partial charge is 0.508 e. The highest BCUT2D eigenvalue weighted by atomic mass is 16.7. The zero-order valence-electron chi connectivity index (χ0n) is 19.0. The number of hydrogen-bond acceptors (Lipinski definition) is 5. The Kier molecular flexibility index (Phi) is 5.38. The molecule has 0 spiro atoms. The summed E-state index contributed by atoms with van der Waals surface area (Å²) >= 11 is 0. The summed E-state index contributed by atoms with van der Waals surface area (Å²) in [6.07, 6.45) is 0.0104. The second kappa shape index (κ2) is 8.37. The molecule has 1 aliphatic heterocycles. The van der Waals surface area contributed by atoms with Crippen LogP contribution >= 0.6 is 0 Å². The number of para-hydroxylation sites is 1. The van der Waals surface area contributed by atoms with Gasteiger partial charge in [0.05, 0.1) is 17.7 Å². The fourth-order valence-corrected chi connectivity index (χ4v) is 4.73. The monoisotopic (exact) mass is 441 g/mol. The van der Waals surface area contributed by atoms with Crippen LogP contribution in [0.4, 0.5) is 5.69 Å². The van der Waals surface area contributed by atoms with Crippen molar-refractivity contribution in [2.45, 2.75) is 32.3 Å². The number of carbonyl (C=O) groups is 1. The lowest BCUT2D eigenvalue weighted by Gasteiger charge is -2.37. The van der Waals surface area contributed by atoms with Crippen molar-refractivity contribution in [3.05, 3.63) is 89.2 Å². The number of fused-ring (bicyclic) bond motifs is 3. The van der Waals surface area contributed by atoms with Gasteiger partial charge < -0.3 is 9.67 Å². The summed E-state index contributed by atoms with van der Waals surface area (Å²) < 4.78 is 2.06. The molecule has 2 atom stereocenters. The van der Waals surface area contributed by atoms with Crippen LogP contribution in [0, 0.1) is 6.92 Å². The van der Waals surface area contributed by atoms with Crippen molar-refractivity contribution in [3.63, 3.8) is 0 Å². The molecule has 168 valence electrons. The molecule has 3 aromatic carbocycles. The maximum absolute atomic E-state index is 12.6. The van der Waals surface area contributed by atoms with E-state index in [-0.39, 0.29) is 17.5 Å². The van der Waals surface area contributed by atoms with E-state index in [2.05, 4.69) is 16.7 Å². The van der Waals surface area contributed by atoms with Crippen molar-refractivity contribution < 1.29 is 14.7 Å². The van der Waals surface area contributed by atoms with Crippen molar-refractivity contribution in [2.75, 3.05) is 11.6 Å². The van der Waals surface area contributed by atoms with Crippen molar-refractivity contribution >= 4 is 22.5 Å². The molecule has 1 aromatic heterocycles. The maximum atomic E-state index is 12.6. The second-order valence-electron chi connectivity index (χ2n) is 8.69. The lowest BCUT2D eigenvalue weighted by atomic mass is 9.87. The normalized spacial score (nSPS) is 16.6. The number of aryl methyl sites for hydroxylation is 2. The van der Waals surface area contributed by atoms with Crippen LogP contribution in [0.25, 0.3) is 11.0 Å². The zero-order chi connectivity index (χ0) is 23.1. The highest BCUT2D eigenvalue weighted by Gasteiger charge is 2.33. The van der Waals surface area contributed by atoms with Gasteiger partial charge in [0.25, 0.3) is 0 Å². The van der Waals surface area contributed by atoms with Crippen LogP contribution in [0.3, 0.4) is 0 Å². The van der Waals surface area contributed by atoms with E-state index >= 15 is 0 Å². The summed E-state index contributed by atoms with van der Waals surface area (Å²) in [5.74, 6) is 1.11. The van der Waals surface area contributed by atoms with Gasteiger partial charge in [-0.2, -0.15) is 0 Å². The molecule has 0 aliphatic carbocycles. The van der Waals surface area contributed by atoms with Crippen LogP contribution in [0.2, 0.25) is 0 Å². The summed E-state index contributed by atoms with van der Waals surface area (Å²) in [5, 5.41) is 12.4. The number of anilines is 1. The van der Waals surface area contributed by atoms with Crippen LogP contribution in [-0.2, 0) is 23.1 Å². The molecule has 2 heterocycles. The standard InChI is InChI=1S/C27H27N3O3/c1-17(31)27(19-9-5-4-6-10-19)33-30-16-21(22-11-7-8-12-24(22)32)15-20-13-14-23-25(26(20)30)28-18(2)29(23)3/h4-14,21,27,32H,15-16H2,1-3H3/t21-,27?/m0/s1. The van der Waals surface area contributed by atoms with Crippen LogP contribution in [0.5, 0.6) is 5.75 Å². The second-order valence-corrected chi connectivity index (χ2v) is 8.69. The van der Waals surface area contributed by atoms with Crippen LogP contribution in [0.15, 0.2) is 66.7 Å². The van der Waals surface area contributed by atoms with E-state index in [0.717, 1.165) is 45.7 Å². The van der Waals surface area contributed by atoms with Gasteiger partial charge in [-0.1, -0.05) is 54.6 Å².